The van der Waals surface area contributed by atoms with Crippen LogP contribution in [0.25, 0.3) is 6.08 Å². The number of methoxy groups -OCH3 is 1. The van der Waals surface area contributed by atoms with Gasteiger partial charge < -0.3 is 14.6 Å². The molecule has 0 saturated carbocycles. The highest BCUT2D eigenvalue weighted by Crippen LogP contribution is 2.35. The molecule has 0 aliphatic carbocycles. The number of amides is 2. The number of ether oxygens (including phenoxy) is 2. The van der Waals surface area contributed by atoms with E-state index in [1.807, 2.05) is 0 Å². The molecule has 1 atom stereocenters. The number of carboxylic acids is 1. The van der Waals surface area contributed by atoms with E-state index in [4.69, 9.17) is 14.6 Å². The first kappa shape index (κ1) is 18.9. The molecule has 0 aromatic heterocycles. The molecule has 1 aromatic carbocycles. The van der Waals surface area contributed by atoms with Crippen LogP contribution in [-0.2, 0) is 9.59 Å². The highest BCUT2D eigenvalue weighted by Gasteiger charge is 2.36. The monoisotopic (exact) mass is 365 g/mol. The van der Waals surface area contributed by atoms with Crippen molar-refractivity contribution in [1.29, 1.82) is 0 Å². The van der Waals surface area contributed by atoms with Crippen LogP contribution in [0, 0.1) is 0 Å². The van der Waals surface area contributed by atoms with Gasteiger partial charge in [-0.15, -0.1) is 0 Å². The molecule has 1 fully saturated rings. The minimum Gasteiger partial charge on any atom is -0.493 e. The topological polar surface area (TPSA) is 93.1 Å². The number of nitrogens with zero attached hydrogens (tertiary/aromatic N) is 1. The summed E-state index contributed by atoms with van der Waals surface area (Å²) in [6.45, 7) is 4.97. The van der Waals surface area contributed by atoms with Gasteiger partial charge in [0.15, 0.2) is 17.6 Å². The Balaban J connectivity index is 2.28. The van der Waals surface area contributed by atoms with Crippen molar-refractivity contribution in [2.24, 2.45) is 0 Å². The van der Waals surface area contributed by atoms with E-state index in [-0.39, 0.29) is 22.9 Å². The maximum Gasteiger partial charge on any atom is 0.344 e. The minimum atomic E-state index is -1.09. The van der Waals surface area contributed by atoms with Crippen LogP contribution in [0.5, 0.6) is 11.5 Å². The van der Waals surface area contributed by atoms with E-state index in [1.165, 1.54) is 18.9 Å². The molecule has 0 bridgehead atoms. The van der Waals surface area contributed by atoms with E-state index in [2.05, 4.69) is 0 Å². The van der Waals surface area contributed by atoms with Crippen LogP contribution in [-0.4, -0.2) is 46.4 Å². The second-order valence-electron chi connectivity index (χ2n) is 5.65. The lowest BCUT2D eigenvalue weighted by Crippen LogP contribution is -2.34. The SMILES string of the molecule is COc1cc(/C=C2\SC(=O)N(C(C)C)C2=O)ccc1O[C@H](C)C(=O)O. The lowest BCUT2D eigenvalue weighted by atomic mass is 10.1. The number of imide groups is 1. The van der Waals surface area contributed by atoms with Crippen molar-refractivity contribution in [3.05, 3.63) is 28.7 Å². The summed E-state index contributed by atoms with van der Waals surface area (Å²) in [5, 5.41) is 8.62. The number of aliphatic carboxylic acids is 1. The summed E-state index contributed by atoms with van der Waals surface area (Å²) in [4.78, 5) is 36.7. The molecule has 2 amide bonds. The van der Waals surface area contributed by atoms with Crippen molar-refractivity contribution in [3.8, 4) is 11.5 Å². The van der Waals surface area contributed by atoms with Gasteiger partial charge in [-0.3, -0.25) is 14.5 Å². The zero-order valence-corrected chi connectivity index (χ0v) is 15.1. The fourth-order valence-corrected chi connectivity index (χ4v) is 3.15. The maximum absolute atomic E-state index is 12.3. The van der Waals surface area contributed by atoms with E-state index < -0.39 is 12.1 Å². The Morgan fingerprint density at radius 1 is 1.24 bits per heavy atom. The van der Waals surface area contributed by atoms with Crippen molar-refractivity contribution in [2.75, 3.05) is 7.11 Å². The molecule has 1 saturated heterocycles. The molecule has 0 unspecified atom stereocenters. The van der Waals surface area contributed by atoms with Gasteiger partial charge in [-0.1, -0.05) is 6.07 Å². The van der Waals surface area contributed by atoms with Gasteiger partial charge in [0.25, 0.3) is 11.1 Å². The van der Waals surface area contributed by atoms with Crippen LogP contribution in [0.4, 0.5) is 4.79 Å². The summed E-state index contributed by atoms with van der Waals surface area (Å²) in [5.41, 5.74) is 0.640. The zero-order valence-electron chi connectivity index (χ0n) is 14.3. The van der Waals surface area contributed by atoms with E-state index in [9.17, 15) is 14.4 Å². The highest BCUT2D eigenvalue weighted by atomic mass is 32.2. The third kappa shape index (κ3) is 4.14. The average Bonchev–Trinajstić information content (AvgIpc) is 2.82. The summed E-state index contributed by atoms with van der Waals surface area (Å²) in [7, 11) is 1.43. The summed E-state index contributed by atoms with van der Waals surface area (Å²) >= 11 is 0.886. The molecule has 2 rings (SSSR count). The number of carbonyl (C=O) groups excluding carboxylic acids is 2. The Bertz CT molecular complexity index is 743. The lowest BCUT2D eigenvalue weighted by molar-refractivity contribution is -0.144. The third-order valence-electron chi connectivity index (χ3n) is 3.48. The fourth-order valence-electron chi connectivity index (χ4n) is 2.19. The first-order valence-corrected chi connectivity index (χ1v) is 8.40. The molecular weight excluding hydrogens is 346 g/mol. The molecule has 1 aliphatic heterocycles. The van der Waals surface area contributed by atoms with E-state index in [0.717, 1.165) is 11.8 Å². The highest BCUT2D eigenvalue weighted by molar-refractivity contribution is 8.18. The van der Waals surface area contributed by atoms with Gasteiger partial charge in [0, 0.05) is 6.04 Å². The molecule has 1 aliphatic rings. The summed E-state index contributed by atoms with van der Waals surface area (Å²) in [6.07, 6.45) is 0.572. The first-order chi connectivity index (χ1) is 11.7. The number of thioether (sulfide) groups is 1. The molecule has 25 heavy (non-hydrogen) atoms. The van der Waals surface area contributed by atoms with Crippen LogP contribution in [0.1, 0.15) is 26.3 Å². The maximum atomic E-state index is 12.3. The zero-order chi connectivity index (χ0) is 18.7. The predicted octanol–water partition coefficient (Wildman–Crippen LogP) is 2.99. The molecule has 134 valence electrons. The molecule has 8 heteroatoms. The van der Waals surface area contributed by atoms with E-state index >= 15 is 0 Å². The quantitative estimate of drug-likeness (QED) is 0.775. The van der Waals surface area contributed by atoms with Crippen LogP contribution in [0.2, 0.25) is 0 Å². The number of carboxylic acid groups (broad SMARTS) is 1. The Labute approximate surface area is 149 Å². The van der Waals surface area contributed by atoms with E-state index in [0.29, 0.717) is 16.2 Å². The second-order valence-corrected chi connectivity index (χ2v) is 6.65. The van der Waals surface area contributed by atoms with Gasteiger partial charge in [-0.2, -0.15) is 0 Å². The summed E-state index contributed by atoms with van der Waals surface area (Å²) in [5.74, 6) is -0.799. The number of rotatable bonds is 6. The Morgan fingerprint density at radius 2 is 1.92 bits per heavy atom. The van der Waals surface area contributed by atoms with Crippen molar-refractivity contribution < 1.29 is 29.0 Å². The van der Waals surface area contributed by atoms with Crippen molar-refractivity contribution in [3.63, 3.8) is 0 Å². The number of benzene rings is 1. The van der Waals surface area contributed by atoms with Crippen molar-refractivity contribution in [1.82, 2.24) is 4.90 Å². The molecule has 7 nitrogen and oxygen atoms in total. The molecule has 1 aromatic rings. The average molecular weight is 365 g/mol. The predicted molar refractivity (Wildman–Crippen MR) is 93.7 cm³/mol. The van der Waals surface area contributed by atoms with Gasteiger partial charge in [0.1, 0.15) is 0 Å². The van der Waals surface area contributed by atoms with Crippen LogP contribution < -0.4 is 9.47 Å². The molecule has 0 radical (unpaired) electrons. The normalized spacial score (nSPS) is 17.3. The summed E-state index contributed by atoms with van der Waals surface area (Å²) < 4.78 is 10.6. The smallest absolute Gasteiger partial charge is 0.344 e. The van der Waals surface area contributed by atoms with Crippen LogP contribution >= 0.6 is 11.8 Å². The van der Waals surface area contributed by atoms with Crippen molar-refractivity contribution in [2.45, 2.75) is 32.9 Å². The third-order valence-corrected chi connectivity index (χ3v) is 4.36. The number of carbonyl (C=O) groups is 3. The Hall–Kier alpha value is -2.48. The molecule has 1 N–H and O–H groups in total. The number of hydrogen-bond donors (Lipinski definition) is 1. The Morgan fingerprint density at radius 3 is 2.44 bits per heavy atom. The number of hydrogen-bond acceptors (Lipinski definition) is 6. The van der Waals surface area contributed by atoms with Crippen LogP contribution in [0.3, 0.4) is 0 Å². The van der Waals surface area contributed by atoms with Crippen molar-refractivity contribution >= 4 is 35.0 Å². The van der Waals surface area contributed by atoms with Gasteiger partial charge in [0.2, 0.25) is 0 Å². The van der Waals surface area contributed by atoms with Gasteiger partial charge >= 0.3 is 5.97 Å². The second kappa shape index (κ2) is 7.60. The minimum absolute atomic E-state index is 0.207. The van der Waals surface area contributed by atoms with Gasteiger partial charge in [0.05, 0.1) is 12.0 Å². The summed E-state index contributed by atoms with van der Waals surface area (Å²) in [6, 6.07) is 4.64. The first-order valence-electron chi connectivity index (χ1n) is 7.59. The molecule has 1 heterocycles. The lowest BCUT2D eigenvalue weighted by Gasteiger charge is -2.16. The fraction of sp³-hybridized carbons (Fsp3) is 0.353. The van der Waals surface area contributed by atoms with E-state index in [1.54, 1.807) is 38.1 Å². The molecule has 0 spiro atoms. The Kier molecular flexibility index (Phi) is 5.73. The largest absolute Gasteiger partial charge is 0.493 e. The van der Waals surface area contributed by atoms with Gasteiger partial charge in [-0.25, -0.2) is 4.79 Å². The van der Waals surface area contributed by atoms with Crippen LogP contribution in [0.15, 0.2) is 23.1 Å². The van der Waals surface area contributed by atoms with Gasteiger partial charge in [-0.05, 0) is 56.3 Å². The molecular formula is C17H19NO6S. The standard InChI is InChI=1S/C17H19NO6S/c1-9(2)18-15(19)14(25-17(18)22)8-11-5-6-12(13(7-11)23-4)24-10(3)16(20)21/h5-10H,1-4H3,(H,20,21)/b14-8-/t10-/m1/s1.